The van der Waals surface area contributed by atoms with Gasteiger partial charge in [-0.3, -0.25) is 4.79 Å². The molecule has 0 aliphatic heterocycles. The zero-order chi connectivity index (χ0) is 13.8. The molecule has 1 saturated carbocycles. The number of hydrogen-bond acceptors (Lipinski definition) is 2. The Bertz CT molecular complexity index is 477. The van der Waals surface area contributed by atoms with Gasteiger partial charge in [-0.15, -0.1) is 0 Å². The van der Waals surface area contributed by atoms with Crippen LogP contribution in [0.15, 0.2) is 36.2 Å². The maximum absolute atomic E-state index is 13.7. The van der Waals surface area contributed by atoms with Crippen molar-refractivity contribution in [3.63, 3.8) is 0 Å². The van der Waals surface area contributed by atoms with Gasteiger partial charge in [-0.1, -0.05) is 23.7 Å². The van der Waals surface area contributed by atoms with Gasteiger partial charge in [-0.2, -0.15) is 0 Å². The Morgan fingerprint density at radius 3 is 2.63 bits per heavy atom. The van der Waals surface area contributed by atoms with Gasteiger partial charge in [-0.25, -0.2) is 4.39 Å². The number of allylic oxidation sites excluding steroid dienone is 1. The maximum atomic E-state index is 13.7. The Hall–Kier alpha value is -1.35. The summed E-state index contributed by atoms with van der Waals surface area (Å²) in [5.41, 5.74) is 1.05. The van der Waals surface area contributed by atoms with Crippen molar-refractivity contribution < 1.29 is 13.9 Å². The molecule has 1 aliphatic rings. The highest BCUT2D eigenvalue weighted by Crippen LogP contribution is 2.44. The molecule has 19 heavy (non-hydrogen) atoms. The zero-order valence-corrected chi connectivity index (χ0v) is 11.5. The minimum Gasteiger partial charge on any atom is -0.459 e. The molecule has 102 valence electrons. The van der Waals surface area contributed by atoms with Gasteiger partial charge in [0.25, 0.3) is 0 Å². The SMILES string of the molecule is CC(=O)OC/C(F)=C/C(c1ccc(Cl)cc1)C1CC1. The number of ether oxygens (including phenoxy) is 1. The van der Waals surface area contributed by atoms with Crippen LogP contribution in [0.2, 0.25) is 5.02 Å². The lowest BCUT2D eigenvalue weighted by molar-refractivity contribution is -0.140. The minimum absolute atomic E-state index is 0.0350. The quantitative estimate of drug-likeness (QED) is 0.755. The molecule has 0 radical (unpaired) electrons. The summed E-state index contributed by atoms with van der Waals surface area (Å²) in [4.78, 5) is 10.7. The third-order valence-corrected chi connectivity index (χ3v) is 3.41. The molecule has 4 heteroatoms. The molecule has 2 rings (SSSR count). The fraction of sp³-hybridized carbons (Fsp3) is 0.400. The Labute approximate surface area is 117 Å². The van der Waals surface area contributed by atoms with Crippen LogP contribution in [0.3, 0.4) is 0 Å². The van der Waals surface area contributed by atoms with Crippen LogP contribution in [0, 0.1) is 5.92 Å². The zero-order valence-electron chi connectivity index (χ0n) is 10.7. The molecule has 0 N–H and O–H groups in total. The van der Waals surface area contributed by atoms with Crippen LogP contribution in [-0.4, -0.2) is 12.6 Å². The molecule has 0 saturated heterocycles. The summed E-state index contributed by atoms with van der Waals surface area (Å²) in [6, 6.07) is 7.45. The number of benzene rings is 1. The number of rotatable bonds is 5. The molecule has 1 aromatic rings. The normalized spacial score (nSPS) is 17.1. The van der Waals surface area contributed by atoms with E-state index in [2.05, 4.69) is 4.74 Å². The third-order valence-electron chi connectivity index (χ3n) is 3.16. The first-order valence-electron chi connectivity index (χ1n) is 6.31. The monoisotopic (exact) mass is 282 g/mol. The Balaban J connectivity index is 2.09. The molecular formula is C15H16ClFO2. The summed E-state index contributed by atoms with van der Waals surface area (Å²) in [7, 11) is 0. The lowest BCUT2D eigenvalue weighted by Crippen LogP contribution is -2.04. The van der Waals surface area contributed by atoms with Gasteiger partial charge in [0.2, 0.25) is 0 Å². The third kappa shape index (κ3) is 4.35. The highest BCUT2D eigenvalue weighted by Gasteiger charge is 2.31. The summed E-state index contributed by atoms with van der Waals surface area (Å²) < 4.78 is 18.4. The number of hydrogen-bond donors (Lipinski definition) is 0. The van der Waals surface area contributed by atoms with E-state index >= 15 is 0 Å². The summed E-state index contributed by atoms with van der Waals surface area (Å²) in [6.45, 7) is 0.983. The topological polar surface area (TPSA) is 26.3 Å². The Morgan fingerprint density at radius 1 is 1.47 bits per heavy atom. The Morgan fingerprint density at radius 2 is 2.11 bits per heavy atom. The molecule has 0 aromatic heterocycles. The molecule has 0 bridgehead atoms. The molecule has 2 nitrogen and oxygen atoms in total. The average Bonchev–Trinajstić information content (AvgIpc) is 3.19. The van der Waals surface area contributed by atoms with E-state index in [9.17, 15) is 9.18 Å². The van der Waals surface area contributed by atoms with E-state index in [0.29, 0.717) is 10.9 Å². The maximum Gasteiger partial charge on any atom is 0.303 e. The highest BCUT2D eigenvalue weighted by molar-refractivity contribution is 6.30. The molecule has 0 spiro atoms. The van der Waals surface area contributed by atoms with Crippen LogP contribution in [0.25, 0.3) is 0 Å². The van der Waals surface area contributed by atoms with Gasteiger partial charge < -0.3 is 4.74 Å². The predicted molar refractivity (Wildman–Crippen MR) is 72.7 cm³/mol. The van der Waals surface area contributed by atoms with E-state index in [1.54, 1.807) is 6.08 Å². The lowest BCUT2D eigenvalue weighted by atomic mass is 9.93. The van der Waals surface area contributed by atoms with Gasteiger partial charge in [-0.05, 0) is 42.5 Å². The molecule has 1 atom stereocenters. The van der Waals surface area contributed by atoms with E-state index in [4.69, 9.17) is 11.6 Å². The first-order chi connectivity index (χ1) is 9.06. The molecule has 1 fully saturated rings. The van der Waals surface area contributed by atoms with Crippen LogP contribution in [0.5, 0.6) is 0 Å². The molecule has 1 aliphatic carbocycles. The standard InChI is InChI=1S/C15H16ClFO2/c1-10(18)19-9-14(17)8-15(11-2-3-11)12-4-6-13(16)7-5-12/h4-8,11,15H,2-3,9H2,1H3/b14-8-. The fourth-order valence-corrected chi connectivity index (χ4v) is 2.18. The number of carbonyl (C=O) groups is 1. The van der Waals surface area contributed by atoms with Crippen LogP contribution in [0.4, 0.5) is 4.39 Å². The van der Waals surface area contributed by atoms with Gasteiger partial charge >= 0.3 is 5.97 Å². The van der Waals surface area contributed by atoms with Gasteiger partial charge in [0.1, 0.15) is 12.4 Å². The molecule has 0 heterocycles. The van der Waals surface area contributed by atoms with Gasteiger partial charge in [0.05, 0.1) is 0 Å². The predicted octanol–water partition coefficient (Wildman–Crippen LogP) is 4.25. The van der Waals surface area contributed by atoms with Crippen molar-refractivity contribution in [1.82, 2.24) is 0 Å². The van der Waals surface area contributed by atoms with E-state index in [1.165, 1.54) is 6.92 Å². The van der Waals surface area contributed by atoms with Gasteiger partial charge in [0.15, 0.2) is 0 Å². The second-order valence-electron chi connectivity index (χ2n) is 4.81. The van der Waals surface area contributed by atoms with Crippen molar-refractivity contribution >= 4 is 17.6 Å². The molecule has 1 unspecified atom stereocenters. The summed E-state index contributed by atoms with van der Waals surface area (Å²) >= 11 is 5.85. The van der Waals surface area contributed by atoms with E-state index in [-0.39, 0.29) is 12.5 Å². The second-order valence-corrected chi connectivity index (χ2v) is 5.24. The van der Waals surface area contributed by atoms with Crippen molar-refractivity contribution in [3.8, 4) is 0 Å². The van der Waals surface area contributed by atoms with Crippen molar-refractivity contribution in [3.05, 3.63) is 46.8 Å². The molecular weight excluding hydrogens is 267 g/mol. The van der Waals surface area contributed by atoms with Crippen molar-refractivity contribution in [2.45, 2.75) is 25.7 Å². The van der Waals surface area contributed by atoms with Crippen molar-refractivity contribution in [1.29, 1.82) is 0 Å². The average molecular weight is 283 g/mol. The van der Waals surface area contributed by atoms with Crippen LogP contribution in [0.1, 0.15) is 31.2 Å². The van der Waals surface area contributed by atoms with Crippen molar-refractivity contribution in [2.24, 2.45) is 5.92 Å². The fourth-order valence-electron chi connectivity index (χ4n) is 2.06. The van der Waals surface area contributed by atoms with Crippen molar-refractivity contribution in [2.75, 3.05) is 6.61 Å². The van der Waals surface area contributed by atoms with E-state index < -0.39 is 11.8 Å². The highest BCUT2D eigenvalue weighted by atomic mass is 35.5. The molecule has 0 amide bonds. The summed E-state index contributed by atoms with van der Waals surface area (Å²) in [6.07, 6.45) is 3.76. The lowest BCUT2D eigenvalue weighted by Gasteiger charge is -2.13. The largest absolute Gasteiger partial charge is 0.459 e. The molecule has 1 aromatic carbocycles. The van der Waals surface area contributed by atoms with Crippen LogP contribution >= 0.6 is 11.6 Å². The number of esters is 1. The summed E-state index contributed by atoms with van der Waals surface area (Å²) in [5.74, 6) is -0.364. The second kappa shape index (κ2) is 6.20. The first kappa shape index (κ1) is 14.1. The van der Waals surface area contributed by atoms with E-state index in [0.717, 1.165) is 18.4 Å². The summed E-state index contributed by atoms with van der Waals surface area (Å²) in [5, 5.41) is 0.669. The van der Waals surface area contributed by atoms with Crippen LogP contribution < -0.4 is 0 Å². The Kier molecular flexibility index (Phi) is 4.59. The first-order valence-corrected chi connectivity index (χ1v) is 6.69. The van der Waals surface area contributed by atoms with E-state index in [1.807, 2.05) is 24.3 Å². The van der Waals surface area contributed by atoms with Crippen LogP contribution in [-0.2, 0) is 9.53 Å². The smallest absolute Gasteiger partial charge is 0.303 e. The number of halogens is 2. The number of carbonyl (C=O) groups excluding carboxylic acids is 1. The minimum atomic E-state index is -0.474. The van der Waals surface area contributed by atoms with Gasteiger partial charge in [0, 0.05) is 17.9 Å².